The van der Waals surface area contributed by atoms with Gasteiger partial charge in [-0.05, 0) is 78.1 Å². The molecule has 6 rings (SSSR count). The molecule has 0 spiro atoms. The van der Waals surface area contributed by atoms with E-state index in [-0.39, 0.29) is 0 Å². The van der Waals surface area contributed by atoms with Crippen molar-refractivity contribution < 1.29 is 4.42 Å². The van der Waals surface area contributed by atoms with E-state index in [0.717, 1.165) is 33.9 Å². The quantitative estimate of drug-likeness (QED) is 0.353. The molecule has 3 aromatic rings. The number of halogens is 1. The lowest BCUT2D eigenvalue weighted by atomic mass is 9.79. The Bertz CT molecular complexity index is 1440. The summed E-state index contributed by atoms with van der Waals surface area (Å²) in [7, 11) is 0. The molecule has 0 amide bonds. The average Bonchev–Trinajstić information content (AvgIpc) is 3.24. The second-order valence-corrected chi connectivity index (χ2v) is 10.3. The third kappa shape index (κ3) is 3.81. The molecule has 3 aliphatic carbocycles. The van der Waals surface area contributed by atoms with Gasteiger partial charge in [0.2, 0.25) is 0 Å². The molecule has 0 fully saturated rings. The molecule has 2 unspecified atom stereocenters. The molecular weight excluding hydrogens is 468 g/mol. The zero-order valence-corrected chi connectivity index (χ0v) is 20.4. The minimum atomic E-state index is 0.498. The van der Waals surface area contributed by atoms with E-state index in [9.17, 15) is 0 Å². The van der Waals surface area contributed by atoms with Gasteiger partial charge < -0.3 is 4.42 Å². The Kier molecular flexibility index (Phi) is 5.34. The van der Waals surface area contributed by atoms with Crippen molar-refractivity contribution in [2.24, 2.45) is 11.8 Å². The Labute approximate surface area is 203 Å². The first kappa shape index (κ1) is 20.7. The molecule has 164 valence electrons. The largest absolute Gasteiger partial charge is 0.456 e. The van der Waals surface area contributed by atoms with Crippen molar-refractivity contribution >= 4 is 43.4 Å². The predicted octanol–water partition coefficient (Wildman–Crippen LogP) is 9.48. The van der Waals surface area contributed by atoms with Crippen molar-refractivity contribution in [2.75, 3.05) is 0 Å². The van der Waals surface area contributed by atoms with E-state index in [0.29, 0.717) is 11.8 Å². The summed E-state index contributed by atoms with van der Waals surface area (Å²) in [5.41, 5.74) is 8.99. The topological polar surface area (TPSA) is 13.1 Å². The number of rotatable bonds is 3. The van der Waals surface area contributed by atoms with Crippen LogP contribution in [0.5, 0.6) is 0 Å². The molecule has 2 aromatic carbocycles. The highest BCUT2D eigenvalue weighted by Gasteiger charge is 2.22. The SMILES string of the molecule is CC1CC(c2ccc3oc4cccc(Br)c4c3c2)=CC=C1C1=CCC(C2=CC=CCC2)C=C1. The van der Waals surface area contributed by atoms with Crippen molar-refractivity contribution in [3.63, 3.8) is 0 Å². The maximum Gasteiger partial charge on any atom is 0.136 e. The minimum absolute atomic E-state index is 0.498. The molecule has 0 saturated heterocycles. The fraction of sp³-hybridized carbons (Fsp3) is 0.226. The summed E-state index contributed by atoms with van der Waals surface area (Å²) in [5, 5.41) is 2.33. The monoisotopic (exact) mass is 494 g/mol. The summed E-state index contributed by atoms with van der Waals surface area (Å²) in [6, 6.07) is 12.7. The number of allylic oxidation sites excluding steroid dienone is 12. The van der Waals surface area contributed by atoms with Crippen LogP contribution in [0.4, 0.5) is 0 Å². The smallest absolute Gasteiger partial charge is 0.136 e. The van der Waals surface area contributed by atoms with Crippen molar-refractivity contribution in [3.8, 4) is 0 Å². The standard InChI is InChI=1S/C31H27BrO/c1-20-18-24(25-15-17-29-27(19-25)31-28(32)8-5-9-30(31)33-29)14-16-26(20)23-12-10-22(11-13-23)21-6-3-2-4-7-21/h2-3,5-6,8-10,12-17,19-20,22H,4,7,11,18H2,1H3. The first-order chi connectivity index (χ1) is 16.2. The highest BCUT2D eigenvalue weighted by molar-refractivity contribution is 9.10. The fourth-order valence-electron chi connectivity index (χ4n) is 5.48. The van der Waals surface area contributed by atoms with Crippen LogP contribution in [0.3, 0.4) is 0 Å². The Morgan fingerprint density at radius 3 is 2.76 bits per heavy atom. The lowest BCUT2D eigenvalue weighted by molar-refractivity contribution is 0.668. The fourth-order valence-corrected chi connectivity index (χ4v) is 6.04. The van der Waals surface area contributed by atoms with Crippen molar-refractivity contribution in [1.29, 1.82) is 0 Å². The van der Waals surface area contributed by atoms with Gasteiger partial charge in [0.1, 0.15) is 11.2 Å². The molecule has 0 saturated carbocycles. The van der Waals surface area contributed by atoms with Gasteiger partial charge >= 0.3 is 0 Å². The summed E-state index contributed by atoms with van der Waals surface area (Å²) < 4.78 is 7.14. The third-order valence-electron chi connectivity index (χ3n) is 7.29. The number of fused-ring (bicyclic) bond motifs is 3. The highest BCUT2D eigenvalue weighted by Crippen LogP contribution is 2.40. The minimum Gasteiger partial charge on any atom is -0.456 e. The van der Waals surface area contributed by atoms with Gasteiger partial charge in [0.15, 0.2) is 0 Å². The lowest BCUT2D eigenvalue weighted by Gasteiger charge is -2.26. The molecule has 1 nitrogen and oxygen atoms in total. The van der Waals surface area contributed by atoms with Crippen LogP contribution in [0.2, 0.25) is 0 Å². The average molecular weight is 495 g/mol. The summed E-state index contributed by atoms with van der Waals surface area (Å²) in [6.45, 7) is 2.36. The van der Waals surface area contributed by atoms with Gasteiger partial charge in [-0.3, -0.25) is 0 Å². The van der Waals surface area contributed by atoms with Gasteiger partial charge in [-0.2, -0.15) is 0 Å². The van der Waals surface area contributed by atoms with Gasteiger partial charge in [-0.15, -0.1) is 0 Å². The normalized spacial score (nSPS) is 22.8. The van der Waals surface area contributed by atoms with E-state index >= 15 is 0 Å². The van der Waals surface area contributed by atoms with Gasteiger partial charge in [0.05, 0.1) is 0 Å². The van der Waals surface area contributed by atoms with E-state index in [1.54, 1.807) is 5.57 Å². The van der Waals surface area contributed by atoms with Crippen LogP contribution in [-0.2, 0) is 0 Å². The number of benzene rings is 2. The first-order valence-electron chi connectivity index (χ1n) is 11.9. The van der Waals surface area contributed by atoms with Crippen LogP contribution in [0.25, 0.3) is 27.5 Å². The van der Waals surface area contributed by atoms with E-state index < -0.39 is 0 Å². The molecule has 2 atom stereocenters. The molecule has 1 aromatic heterocycles. The zero-order chi connectivity index (χ0) is 22.4. The van der Waals surface area contributed by atoms with Crippen molar-refractivity contribution in [1.82, 2.24) is 0 Å². The van der Waals surface area contributed by atoms with Gasteiger partial charge in [-0.25, -0.2) is 0 Å². The van der Waals surface area contributed by atoms with Gasteiger partial charge in [-0.1, -0.05) is 89.2 Å². The molecule has 33 heavy (non-hydrogen) atoms. The van der Waals surface area contributed by atoms with E-state index in [1.165, 1.54) is 40.5 Å². The summed E-state index contributed by atoms with van der Waals surface area (Å²) in [6.07, 6.45) is 23.2. The molecule has 0 bridgehead atoms. The summed E-state index contributed by atoms with van der Waals surface area (Å²) >= 11 is 3.71. The third-order valence-corrected chi connectivity index (χ3v) is 7.95. The summed E-state index contributed by atoms with van der Waals surface area (Å²) in [5.74, 6) is 1.07. The predicted molar refractivity (Wildman–Crippen MR) is 143 cm³/mol. The Morgan fingerprint density at radius 1 is 1.03 bits per heavy atom. The van der Waals surface area contributed by atoms with Crippen LogP contribution in [0.1, 0.15) is 38.2 Å². The summed E-state index contributed by atoms with van der Waals surface area (Å²) in [4.78, 5) is 0. The van der Waals surface area contributed by atoms with Crippen LogP contribution >= 0.6 is 15.9 Å². The molecule has 0 N–H and O–H groups in total. The second-order valence-electron chi connectivity index (χ2n) is 9.41. The highest BCUT2D eigenvalue weighted by atomic mass is 79.9. The van der Waals surface area contributed by atoms with Crippen LogP contribution in [-0.4, -0.2) is 0 Å². The lowest BCUT2D eigenvalue weighted by Crippen LogP contribution is -2.10. The van der Waals surface area contributed by atoms with Crippen LogP contribution in [0, 0.1) is 11.8 Å². The zero-order valence-electron chi connectivity index (χ0n) is 18.9. The molecule has 0 aliphatic heterocycles. The van der Waals surface area contributed by atoms with Gasteiger partial charge in [0.25, 0.3) is 0 Å². The molecule has 0 radical (unpaired) electrons. The number of furan rings is 1. The van der Waals surface area contributed by atoms with Crippen molar-refractivity contribution in [3.05, 3.63) is 112 Å². The maximum atomic E-state index is 6.06. The number of hydrogen-bond acceptors (Lipinski definition) is 1. The second kappa shape index (κ2) is 8.50. The maximum absolute atomic E-state index is 6.06. The molecular formula is C31H27BrO. The first-order valence-corrected chi connectivity index (χ1v) is 12.7. The van der Waals surface area contributed by atoms with E-state index in [4.69, 9.17) is 4.42 Å². The van der Waals surface area contributed by atoms with Crippen molar-refractivity contribution in [2.45, 2.75) is 32.6 Å². The Morgan fingerprint density at radius 2 is 1.97 bits per heavy atom. The van der Waals surface area contributed by atoms with Crippen LogP contribution < -0.4 is 0 Å². The van der Waals surface area contributed by atoms with Gasteiger partial charge in [0, 0.05) is 21.2 Å². The van der Waals surface area contributed by atoms with E-state index in [1.807, 2.05) is 12.1 Å². The molecule has 2 heteroatoms. The van der Waals surface area contributed by atoms with Crippen LogP contribution in [0.15, 0.2) is 111 Å². The molecule has 3 aliphatic rings. The number of hydrogen-bond donors (Lipinski definition) is 0. The molecule has 1 heterocycles. The Balaban J connectivity index is 1.29. The Hall–Kier alpha value is -2.84. The van der Waals surface area contributed by atoms with E-state index in [2.05, 4.69) is 95.7 Å².